The van der Waals surface area contributed by atoms with E-state index in [1.807, 2.05) is 25.1 Å². The van der Waals surface area contributed by atoms with Gasteiger partial charge in [0.15, 0.2) is 0 Å². The largest absolute Gasteiger partial charge is 0.377 e. The average Bonchev–Trinajstić information content (AvgIpc) is 2.77. The Hall–Kier alpha value is -1.08. The molecule has 2 rings (SSSR count). The Kier molecular flexibility index (Phi) is 4.39. The highest BCUT2D eigenvalue weighted by atomic mass is 35.5. The van der Waals surface area contributed by atoms with Crippen LogP contribution >= 0.6 is 22.9 Å². The lowest BCUT2D eigenvalue weighted by Crippen LogP contribution is -2.15. The van der Waals surface area contributed by atoms with Crippen molar-refractivity contribution < 1.29 is 8.42 Å². The molecule has 0 fully saturated rings. The SMILES string of the molecule is Cc1c(NC(C)c2ccc(Cl)s2)cccc1S(N)(=O)=O. The predicted octanol–water partition coefficient (Wildman–Crippen LogP) is 3.53. The summed E-state index contributed by atoms with van der Waals surface area (Å²) in [6.45, 7) is 3.72. The fraction of sp³-hybridized carbons (Fsp3) is 0.231. The Morgan fingerprint density at radius 1 is 1.30 bits per heavy atom. The van der Waals surface area contributed by atoms with E-state index in [4.69, 9.17) is 16.7 Å². The Morgan fingerprint density at radius 2 is 2.00 bits per heavy atom. The molecular formula is C13H15ClN2O2S2. The van der Waals surface area contributed by atoms with Gasteiger partial charge < -0.3 is 5.32 Å². The molecule has 1 aromatic carbocycles. The van der Waals surface area contributed by atoms with E-state index in [-0.39, 0.29) is 10.9 Å². The van der Waals surface area contributed by atoms with Crippen molar-refractivity contribution in [2.24, 2.45) is 5.14 Å². The molecular weight excluding hydrogens is 316 g/mol. The molecule has 0 saturated heterocycles. The van der Waals surface area contributed by atoms with Gasteiger partial charge >= 0.3 is 0 Å². The lowest BCUT2D eigenvalue weighted by Gasteiger charge is -2.17. The molecule has 108 valence electrons. The number of primary sulfonamides is 1. The topological polar surface area (TPSA) is 72.2 Å². The monoisotopic (exact) mass is 330 g/mol. The number of nitrogens with two attached hydrogens (primary N) is 1. The second kappa shape index (κ2) is 5.73. The molecule has 4 nitrogen and oxygen atoms in total. The predicted molar refractivity (Wildman–Crippen MR) is 83.9 cm³/mol. The Morgan fingerprint density at radius 3 is 2.55 bits per heavy atom. The molecule has 2 aromatic rings. The van der Waals surface area contributed by atoms with Gasteiger partial charge in [0.2, 0.25) is 10.0 Å². The third-order valence-corrected chi connectivity index (χ3v) is 5.45. The summed E-state index contributed by atoms with van der Waals surface area (Å²) in [7, 11) is -3.71. The summed E-state index contributed by atoms with van der Waals surface area (Å²) in [6, 6.07) is 8.82. The minimum atomic E-state index is -3.71. The third kappa shape index (κ3) is 3.32. The van der Waals surface area contributed by atoms with E-state index in [1.54, 1.807) is 13.0 Å². The maximum Gasteiger partial charge on any atom is 0.238 e. The van der Waals surface area contributed by atoms with Crippen molar-refractivity contribution in [3.8, 4) is 0 Å². The zero-order chi connectivity index (χ0) is 14.9. The smallest absolute Gasteiger partial charge is 0.238 e. The van der Waals surface area contributed by atoms with Gasteiger partial charge in [-0.15, -0.1) is 11.3 Å². The zero-order valence-electron chi connectivity index (χ0n) is 11.1. The second-order valence-electron chi connectivity index (χ2n) is 4.48. The van der Waals surface area contributed by atoms with Gasteiger partial charge in [0.05, 0.1) is 15.3 Å². The minimum Gasteiger partial charge on any atom is -0.377 e. The van der Waals surface area contributed by atoms with E-state index in [1.165, 1.54) is 17.4 Å². The first-order valence-corrected chi connectivity index (χ1v) is 8.67. The van der Waals surface area contributed by atoms with Crippen molar-refractivity contribution in [2.45, 2.75) is 24.8 Å². The quantitative estimate of drug-likeness (QED) is 0.900. The molecule has 1 heterocycles. The van der Waals surface area contributed by atoms with Crippen LogP contribution in [0.4, 0.5) is 5.69 Å². The van der Waals surface area contributed by atoms with Gasteiger partial charge in [-0.25, -0.2) is 13.6 Å². The molecule has 3 N–H and O–H groups in total. The summed E-state index contributed by atoms with van der Waals surface area (Å²) in [5.74, 6) is 0. The van der Waals surface area contributed by atoms with Crippen molar-refractivity contribution in [1.29, 1.82) is 0 Å². The van der Waals surface area contributed by atoms with E-state index in [2.05, 4.69) is 5.32 Å². The van der Waals surface area contributed by atoms with Crippen LogP contribution in [0, 0.1) is 6.92 Å². The van der Waals surface area contributed by atoms with Crippen molar-refractivity contribution in [3.05, 3.63) is 45.1 Å². The molecule has 1 atom stereocenters. The Bertz CT molecular complexity index is 726. The number of rotatable bonds is 4. The minimum absolute atomic E-state index is 0.0296. The van der Waals surface area contributed by atoms with Gasteiger partial charge in [0.1, 0.15) is 0 Å². The van der Waals surface area contributed by atoms with Crippen LogP contribution in [0.5, 0.6) is 0 Å². The summed E-state index contributed by atoms with van der Waals surface area (Å²) < 4.78 is 23.7. The van der Waals surface area contributed by atoms with Gasteiger partial charge in [0, 0.05) is 10.6 Å². The van der Waals surface area contributed by atoms with Crippen LogP contribution < -0.4 is 10.5 Å². The van der Waals surface area contributed by atoms with Crippen LogP contribution in [0.25, 0.3) is 0 Å². The number of nitrogens with one attached hydrogen (secondary N) is 1. The van der Waals surface area contributed by atoms with Gasteiger partial charge in [-0.3, -0.25) is 0 Å². The zero-order valence-corrected chi connectivity index (χ0v) is 13.4. The van der Waals surface area contributed by atoms with Crippen LogP contribution in [0.2, 0.25) is 4.34 Å². The number of anilines is 1. The number of hydrogen-bond donors (Lipinski definition) is 2. The van der Waals surface area contributed by atoms with Gasteiger partial charge in [-0.1, -0.05) is 17.7 Å². The Labute approximate surface area is 127 Å². The summed E-state index contributed by atoms with van der Waals surface area (Å²) in [4.78, 5) is 1.22. The lowest BCUT2D eigenvalue weighted by molar-refractivity contribution is 0.597. The van der Waals surface area contributed by atoms with E-state index < -0.39 is 10.0 Å². The Balaban J connectivity index is 2.31. The first kappa shape index (κ1) is 15.3. The molecule has 0 aliphatic rings. The van der Waals surface area contributed by atoms with Crippen LogP contribution in [0.1, 0.15) is 23.4 Å². The molecule has 7 heteroatoms. The third-order valence-electron chi connectivity index (χ3n) is 2.98. The normalized spacial score (nSPS) is 13.2. The summed E-state index contributed by atoms with van der Waals surface area (Å²) in [6.07, 6.45) is 0. The summed E-state index contributed by atoms with van der Waals surface area (Å²) >= 11 is 7.41. The molecule has 0 radical (unpaired) electrons. The number of thiophene rings is 1. The molecule has 0 aliphatic heterocycles. The molecule has 1 aromatic heterocycles. The molecule has 20 heavy (non-hydrogen) atoms. The maximum atomic E-state index is 11.5. The van der Waals surface area contributed by atoms with Crippen LogP contribution in [0.15, 0.2) is 35.2 Å². The van der Waals surface area contributed by atoms with Crippen molar-refractivity contribution in [2.75, 3.05) is 5.32 Å². The first-order chi connectivity index (χ1) is 9.29. The van der Waals surface area contributed by atoms with E-state index >= 15 is 0 Å². The lowest BCUT2D eigenvalue weighted by atomic mass is 10.1. The van der Waals surface area contributed by atoms with Gasteiger partial charge in [-0.05, 0) is 43.7 Å². The van der Waals surface area contributed by atoms with Crippen LogP contribution in [-0.2, 0) is 10.0 Å². The van der Waals surface area contributed by atoms with Gasteiger partial charge in [0.25, 0.3) is 0 Å². The summed E-state index contributed by atoms with van der Waals surface area (Å²) in [5.41, 5.74) is 1.36. The number of sulfonamides is 1. The van der Waals surface area contributed by atoms with E-state index in [9.17, 15) is 8.42 Å². The van der Waals surface area contributed by atoms with Crippen molar-refractivity contribution >= 4 is 38.6 Å². The molecule has 0 saturated carbocycles. The van der Waals surface area contributed by atoms with Crippen LogP contribution in [0.3, 0.4) is 0 Å². The number of halogens is 1. The van der Waals surface area contributed by atoms with Crippen molar-refractivity contribution in [3.63, 3.8) is 0 Å². The highest BCUT2D eigenvalue weighted by Crippen LogP contribution is 2.31. The average molecular weight is 331 g/mol. The fourth-order valence-corrected chi connectivity index (χ4v) is 3.81. The van der Waals surface area contributed by atoms with Crippen LogP contribution in [-0.4, -0.2) is 8.42 Å². The molecule has 0 aliphatic carbocycles. The van der Waals surface area contributed by atoms with Gasteiger partial charge in [-0.2, -0.15) is 0 Å². The highest BCUT2D eigenvalue weighted by molar-refractivity contribution is 7.89. The van der Waals surface area contributed by atoms with E-state index in [0.717, 1.165) is 14.9 Å². The number of hydrogen-bond acceptors (Lipinski definition) is 4. The molecule has 0 spiro atoms. The summed E-state index contributed by atoms with van der Waals surface area (Å²) in [5, 5.41) is 8.48. The highest BCUT2D eigenvalue weighted by Gasteiger charge is 2.15. The molecule has 0 bridgehead atoms. The first-order valence-electron chi connectivity index (χ1n) is 5.93. The molecule has 0 amide bonds. The standard InChI is InChI=1S/C13H15ClN2O2S2/c1-8-10(4-3-5-12(8)20(15,17)18)16-9(2)11-6-7-13(14)19-11/h3-7,9,16H,1-2H3,(H2,15,17,18). The van der Waals surface area contributed by atoms with E-state index in [0.29, 0.717) is 5.56 Å². The van der Waals surface area contributed by atoms with Crippen molar-refractivity contribution in [1.82, 2.24) is 0 Å². The number of benzene rings is 1. The second-order valence-corrected chi connectivity index (χ2v) is 7.76. The fourth-order valence-electron chi connectivity index (χ4n) is 1.94. The molecule has 1 unspecified atom stereocenters. The maximum absolute atomic E-state index is 11.5.